The number of aliphatic hydroxyl groups excluding tert-OH is 1. The van der Waals surface area contributed by atoms with Gasteiger partial charge in [-0.25, -0.2) is 8.42 Å². The molecular formula is C14H24N2O4S. The van der Waals surface area contributed by atoms with E-state index in [9.17, 15) is 13.5 Å². The Hall–Kier alpha value is -0.890. The van der Waals surface area contributed by atoms with E-state index in [0.717, 1.165) is 0 Å². The molecule has 6 nitrogen and oxygen atoms in total. The van der Waals surface area contributed by atoms with E-state index in [4.69, 9.17) is 4.74 Å². The van der Waals surface area contributed by atoms with Gasteiger partial charge < -0.3 is 14.4 Å². The first kappa shape index (κ1) is 16.5. The Balaban J connectivity index is 2.35. The SMILES string of the molecule is CC(C)n1cc(S(=O)(=O)N2CCOC(C)(C)C2)cc1CO. The van der Waals surface area contributed by atoms with E-state index in [1.807, 2.05) is 27.7 Å². The highest BCUT2D eigenvalue weighted by Crippen LogP contribution is 2.26. The second-order valence-corrected chi connectivity index (χ2v) is 8.21. The van der Waals surface area contributed by atoms with Crippen molar-refractivity contribution in [2.45, 2.75) is 50.8 Å². The first-order chi connectivity index (χ1) is 9.67. The van der Waals surface area contributed by atoms with Gasteiger partial charge in [0.15, 0.2) is 0 Å². The van der Waals surface area contributed by atoms with E-state index < -0.39 is 15.6 Å². The molecule has 0 radical (unpaired) electrons. The van der Waals surface area contributed by atoms with E-state index in [1.54, 1.807) is 16.8 Å². The fourth-order valence-electron chi connectivity index (χ4n) is 2.57. The van der Waals surface area contributed by atoms with E-state index in [1.165, 1.54) is 4.31 Å². The Bertz CT molecular complexity index is 604. The maximum absolute atomic E-state index is 12.8. The quantitative estimate of drug-likeness (QED) is 0.910. The first-order valence-electron chi connectivity index (χ1n) is 7.13. The molecule has 0 bridgehead atoms. The molecule has 0 unspecified atom stereocenters. The van der Waals surface area contributed by atoms with Crippen LogP contribution in [0.25, 0.3) is 0 Å². The molecule has 0 aromatic carbocycles. The molecule has 1 aliphatic rings. The van der Waals surface area contributed by atoms with Gasteiger partial charge in [-0.15, -0.1) is 0 Å². The Labute approximate surface area is 126 Å². The Morgan fingerprint density at radius 1 is 1.43 bits per heavy atom. The van der Waals surface area contributed by atoms with Crippen molar-refractivity contribution in [2.24, 2.45) is 0 Å². The van der Waals surface area contributed by atoms with Crippen LogP contribution < -0.4 is 0 Å². The Morgan fingerprint density at radius 2 is 2.10 bits per heavy atom. The van der Waals surface area contributed by atoms with Crippen molar-refractivity contribution in [1.29, 1.82) is 0 Å². The molecule has 1 aromatic heterocycles. The highest BCUT2D eigenvalue weighted by Gasteiger charge is 2.35. The zero-order chi connectivity index (χ0) is 15.8. The first-order valence-corrected chi connectivity index (χ1v) is 8.57. The third-order valence-electron chi connectivity index (χ3n) is 3.65. The van der Waals surface area contributed by atoms with Gasteiger partial charge in [-0.05, 0) is 33.8 Å². The van der Waals surface area contributed by atoms with Gasteiger partial charge in [0.25, 0.3) is 0 Å². The summed E-state index contributed by atoms with van der Waals surface area (Å²) in [6.07, 6.45) is 1.61. The van der Waals surface area contributed by atoms with Crippen molar-refractivity contribution in [1.82, 2.24) is 8.87 Å². The molecule has 0 atom stereocenters. The van der Waals surface area contributed by atoms with Gasteiger partial charge in [-0.1, -0.05) is 0 Å². The lowest BCUT2D eigenvalue weighted by molar-refractivity contribution is -0.0640. The zero-order valence-corrected chi connectivity index (χ0v) is 13.9. The minimum absolute atomic E-state index is 0.0947. The molecule has 2 rings (SSSR count). The van der Waals surface area contributed by atoms with Crippen LogP contribution in [0.3, 0.4) is 0 Å². The standard InChI is InChI=1S/C14H24N2O4S/c1-11(2)16-8-13(7-12(16)9-17)21(18,19)15-5-6-20-14(3,4)10-15/h7-8,11,17H,5-6,9-10H2,1-4H3. The summed E-state index contributed by atoms with van der Waals surface area (Å²) in [7, 11) is -3.56. The van der Waals surface area contributed by atoms with Crippen LogP contribution in [0.2, 0.25) is 0 Å². The van der Waals surface area contributed by atoms with Crippen molar-refractivity contribution >= 4 is 10.0 Å². The molecule has 1 saturated heterocycles. The lowest BCUT2D eigenvalue weighted by Crippen LogP contribution is -2.50. The summed E-state index contributed by atoms with van der Waals surface area (Å²) in [6, 6.07) is 1.65. The van der Waals surface area contributed by atoms with Crippen LogP contribution in [-0.4, -0.2) is 47.7 Å². The second kappa shape index (κ2) is 5.72. The van der Waals surface area contributed by atoms with Gasteiger partial charge in [0.2, 0.25) is 10.0 Å². The third-order valence-corrected chi connectivity index (χ3v) is 5.46. The predicted molar refractivity (Wildman–Crippen MR) is 79.5 cm³/mol. The molecule has 1 aromatic rings. The summed E-state index contributed by atoms with van der Waals surface area (Å²) < 4.78 is 34.3. The molecule has 120 valence electrons. The van der Waals surface area contributed by atoms with Crippen molar-refractivity contribution in [3.63, 3.8) is 0 Å². The van der Waals surface area contributed by atoms with Crippen molar-refractivity contribution in [3.8, 4) is 0 Å². The van der Waals surface area contributed by atoms with Gasteiger partial charge in [0.1, 0.15) is 4.90 Å². The number of morpholine rings is 1. The Kier molecular flexibility index (Phi) is 4.49. The lowest BCUT2D eigenvalue weighted by Gasteiger charge is -2.37. The van der Waals surface area contributed by atoms with Crippen LogP contribution in [0.5, 0.6) is 0 Å². The van der Waals surface area contributed by atoms with Crippen LogP contribution in [0.15, 0.2) is 17.2 Å². The predicted octanol–water partition coefficient (Wildman–Crippen LogP) is 1.36. The summed E-state index contributed by atoms with van der Waals surface area (Å²) in [6.45, 7) is 8.57. The van der Waals surface area contributed by atoms with Crippen LogP contribution in [0.4, 0.5) is 0 Å². The average molecular weight is 316 g/mol. The summed E-state index contributed by atoms with van der Waals surface area (Å²) in [4.78, 5) is 0.234. The normalized spacial score (nSPS) is 20.1. The fraction of sp³-hybridized carbons (Fsp3) is 0.714. The van der Waals surface area contributed by atoms with E-state index in [0.29, 0.717) is 25.4 Å². The van der Waals surface area contributed by atoms with Crippen LogP contribution in [-0.2, 0) is 21.4 Å². The number of hydrogen-bond donors (Lipinski definition) is 1. The number of aliphatic hydroxyl groups is 1. The molecule has 7 heteroatoms. The zero-order valence-electron chi connectivity index (χ0n) is 13.0. The van der Waals surface area contributed by atoms with Crippen LogP contribution in [0, 0.1) is 0 Å². The highest BCUT2D eigenvalue weighted by molar-refractivity contribution is 7.89. The number of sulfonamides is 1. The molecule has 0 amide bonds. The number of hydrogen-bond acceptors (Lipinski definition) is 4. The van der Waals surface area contributed by atoms with Gasteiger partial charge in [-0.2, -0.15) is 4.31 Å². The van der Waals surface area contributed by atoms with Gasteiger partial charge in [-0.3, -0.25) is 0 Å². The monoisotopic (exact) mass is 316 g/mol. The topological polar surface area (TPSA) is 71.8 Å². The highest BCUT2D eigenvalue weighted by atomic mass is 32.2. The number of aromatic nitrogens is 1. The van der Waals surface area contributed by atoms with Crippen molar-refractivity contribution < 1.29 is 18.3 Å². The third kappa shape index (κ3) is 3.31. The molecule has 2 heterocycles. The van der Waals surface area contributed by atoms with Crippen LogP contribution in [0.1, 0.15) is 39.4 Å². The summed E-state index contributed by atoms with van der Waals surface area (Å²) >= 11 is 0. The minimum Gasteiger partial charge on any atom is -0.390 e. The van der Waals surface area contributed by atoms with E-state index >= 15 is 0 Å². The molecule has 1 fully saturated rings. The number of nitrogens with zero attached hydrogens (tertiary/aromatic N) is 2. The smallest absolute Gasteiger partial charge is 0.244 e. The second-order valence-electron chi connectivity index (χ2n) is 6.27. The number of rotatable bonds is 4. The fourth-order valence-corrected chi connectivity index (χ4v) is 4.20. The number of ether oxygens (including phenoxy) is 1. The van der Waals surface area contributed by atoms with Gasteiger partial charge in [0.05, 0.1) is 18.8 Å². The average Bonchev–Trinajstić information content (AvgIpc) is 2.82. The minimum atomic E-state index is -3.56. The summed E-state index contributed by atoms with van der Waals surface area (Å²) in [5.41, 5.74) is 0.127. The van der Waals surface area contributed by atoms with Crippen molar-refractivity contribution in [3.05, 3.63) is 18.0 Å². The lowest BCUT2D eigenvalue weighted by atomic mass is 10.1. The van der Waals surface area contributed by atoms with E-state index in [-0.39, 0.29) is 17.5 Å². The van der Waals surface area contributed by atoms with Crippen molar-refractivity contribution in [2.75, 3.05) is 19.7 Å². The molecular weight excluding hydrogens is 292 g/mol. The summed E-state index contributed by atoms with van der Waals surface area (Å²) in [5, 5.41) is 9.39. The molecule has 0 spiro atoms. The molecule has 21 heavy (non-hydrogen) atoms. The molecule has 1 aliphatic heterocycles. The van der Waals surface area contributed by atoms with Gasteiger partial charge in [0, 0.05) is 31.0 Å². The van der Waals surface area contributed by atoms with Crippen LogP contribution >= 0.6 is 0 Å². The van der Waals surface area contributed by atoms with Gasteiger partial charge >= 0.3 is 0 Å². The molecule has 0 saturated carbocycles. The molecule has 1 N–H and O–H groups in total. The molecule has 0 aliphatic carbocycles. The Morgan fingerprint density at radius 3 is 2.57 bits per heavy atom. The maximum atomic E-state index is 12.8. The maximum Gasteiger partial charge on any atom is 0.244 e. The summed E-state index contributed by atoms with van der Waals surface area (Å²) in [5.74, 6) is 0. The largest absolute Gasteiger partial charge is 0.390 e. The van der Waals surface area contributed by atoms with E-state index in [2.05, 4.69) is 0 Å².